The van der Waals surface area contributed by atoms with E-state index >= 15 is 0 Å². The fourth-order valence-corrected chi connectivity index (χ4v) is 7.70. The number of ether oxygens (including phenoxy) is 1. The van der Waals surface area contributed by atoms with Gasteiger partial charge >= 0.3 is 0 Å². The lowest BCUT2D eigenvalue weighted by molar-refractivity contribution is -0.144. The van der Waals surface area contributed by atoms with Crippen LogP contribution in [0.4, 0.5) is 4.39 Å². The highest BCUT2D eigenvalue weighted by Gasteiger charge is 2.60. The van der Waals surface area contributed by atoms with Crippen LogP contribution in [-0.4, -0.2) is 53.3 Å². The number of benzene rings is 2. The molecule has 0 bridgehead atoms. The second-order valence-electron chi connectivity index (χ2n) is 12.3. The Morgan fingerprint density at radius 3 is 2.82 bits per heavy atom. The third-order valence-corrected chi connectivity index (χ3v) is 10.2. The molecule has 1 aliphatic carbocycles. The number of nitrogens with one attached hydrogen (secondary N) is 1. The van der Waals surface area contributed by atoms with Gasteiger partial charge in [-0.2, -0.15) is 0 Å². The van der Waals surface area contributed by atoms with Crippen molar-refractivity contribution >= 4 is 39.2 Å². The van der Waals surface area contributed by atoms with Crippen LogP contribution in [-0.2, 0) is 25.6 Å². The van der Waals surface area contributed by atoms with Gasteiger partial charge in [-0.25, -0.2) is 14.9 Å². The number of halogens is 1. The van der Waals surface area contributed by atoms with Crippen LogP contribution in [0.25, 0.3) is 10.2 Å². The normalized spacial score (nSPS) is 28.5. The van der Waals surface area contributed by atoms with E-state index in [2.05, 4.69) is 22.6 Å². The zero-order chi connectivity index (χ0) is 30.7. The summed E-state index contributed by atoms with van der Waals surface area (Å²) in [5.74, 6) is -1.19. The van der Waals surface area contributed by atoms with Crippen LogP contribution in [0.2, 0.25) is 0 Å². The zero-order valence-corrected chi connectivity index (χ0v) is 25.7. The molecule has 2 amide bonds. The number of carbonyl (C=O) groups excluding carboxylic acids is 3. The van der Waals surface area contributed by atoms with E-state index in [1.165, 1.54) is 30.6 Å². The van der Waals surface area contributed by atoms with E-state index in [0.717, 1.165) is 37.7 Å². The van der Waals surface area contributed by atoms with E-state index in [0.29, 0.717) is 34.7 Å². The van der Waals surface area contributed by atoms with Gasteiger partial charge in [0, 0.05) is 18.8 Å². The number of carbonyl (C=O) groups is 3. The topological polar surface area (TPSA) is 97.8 Å². The zero-order valence-electron chi connectivity index (χ0n) is 24.9. The molecule has 8 nitrogen and oxygen atoms in total. The molecule has 3 aliphatic rings. The minimum Gasteiger partial charge on any atom is -0.465 e. The Morgan fingerprint density at radius 2 is 2.00 bits per heavy atom. The molecule has 6 rings (SSSR count). The number of fused-ring (bicyclic) bond motifs is 3. The lowest BCUT2D eigenvalue weighted by Gasteiger charge is -2.29. The summed E-state index contributed by atoms with van der Waals surface area (Å²) in [6.45, 7) is 0.241. The highest BCUT2D eigenvalue weighted by Crippen LogP contribution is 2.57. The SMILES string of the molecule is CONC(=O)[C@]12CC(=O)[C@@H]3C[C@@H](Oc4nc5ccc(F)cc5s4)CN3C(=O)[C@@H](Cc3ccccc3)CCCCC/C=C\[C@H]1C2. The lowest BCUT2D eigenvalue weighted by atomic mass is 9.90. The summed E-state index contributed by atoms with van der Waals surface area (Å²) >= 11 is 1.24. The van der Waals surface area contributed by atoms with Gasteiger partial charge in [-0.05, 0) is 61.8 Å². The third-order valence-electron chi connectivity index (χ3n) is 9.25. The molecule has 2 aliphatic heterocycles. The maximum atomic E-state index is 14.4. The molecule has 3 aromatic rings. The van der Waals surface area contributed by atoms with Gasteiger partial charge in [0.1, 0.15) is 11.9 Å². The summed E-state index contributed by atoms with van der Waals surface area (Å²) in [6.07, 6.45) is 9.73. The highest BCUT2D eigenvalue weighted by molar-refractivity contribution is 7.20. The van der Waals surface area contributed by atoms with Crippen LogP contribution < -0.4 is 10.2 Å². The maximum Gasteiger partial charge on any atom is 0.274 e. The molecule has 0 spiro atoms. The maximum absolute atomic E-state index is 14.4. The third kappa shape index (κ3) is 6.56. The number of allylic oxidation sites excluding steroid dienone is 2. The fraction of sp³-hybridized carbons (Fsp3) is 0.471. The average Bonchev–Trinajstić information content (AvgIpc) is 3.32. The first-order chi connectivity index (χ1) is 21.4. The van der Waals surface area contributed by atoms with Crippen molar-refractivity contribution in [1.29, 1.82) is 0 Å². The van der Waals surface area contributed by atoms with Crippen molar-refractivity contribution in [3.05, 3.63) is 72.1 Å². The van der Waals surface area contributed by atoms with Crippen molar-refractivity contribution in [3.8, 4) is 5.19 Å². The van der Waals surface area contributed by atoms with Gasteiger partial charge < -0.3 is 9.64 Å². The molecule has 2 fully saturated rings. The van der Waals surface area contributed by atoms with Crippen LogP contribution in [0.1, 0.15) is 56.9 Å². The van der Waals surface area contributed by atoms with Crippen LogP contribution in [0.5, 0.6) is 5.19 Å². The molecule has 2 aromatic carbocycles. The lowest BCUT2D eigenvalue weighted by Crippen LogP contribution is -2.46. The molecule has 1 N–H and O–H groups in total. The van der Waals surface area contributed by atoms with Crippen molar-refractivity contribution in [3.63, 3.8) is 0 Å². The highest BCUT2D eigenvalue weighted by atomic mass is 32.1. The number of hydrogen-bond acceptors (Lipinski definition) is 7. The number of ketones is 1. The van der Waals surface area contributed by atoms with Gasteiger partial charge in [-0.1, -0.05) is 66.7 Å². The number of aromatic nitrogens is 1. The summed E-state index contributed by atoms with van der Waals surface area (Å²) < 4.78 is 20.7. The summed E-state index contributed by atoms with van der Waals surface area (Å²) in [4.78, 5) is 52.8. The van der Waals surface area contributed by atoms with Crippen molar-refractivity contribution in [2.75, 3.05) is 13.7 Å². The Labute approximate surface area is 260 Å². The second-order valence-corrected chi connectivity index (χ2v) is 13.3. The van der Waals surface area contributed by atoms with Crippen LogP contribution in [0.3, 0.4) is 0 Å². The molecular weight excluding hydrogens is 581 g/mol. The van der Waals surface area contributed by atoms with Crippen LogP contribution in [0, 0.1) is 23.1 Å². The Bertz CT molecular complexity index is 1540. The molecular formula is C34H38FN3O5S. The molecule has 232 valence electrons. The minimum atomic E-state index is -0.891. The molecule has 5 atom stereocenters. The van der Waals surface area contributed by atoms with Gasteiger partial charge in [-0.15, -0.1) is 0 Å². The number of amides is 2. The first-order valence-corrected chi connectivity index (χ1v) is 16.3. The number of nitrogens with zero attached hydrogens (tertiary/aromatic N) is 2. The van der Waals surface area contributed by atoms with Crippen LogP contribution >= 0.6 is 11.3 Å². The van der Waals surface area contributed by atoms with E-state index in [4.69, 9.17) is 9.57 Å². The van der Waals surface area contributed by atoms with Gasteiger partial charge in [0.25, 0.3) is 11.1 Å². The molecule has 44 heavy (non-hydrogen) atoms. The Hall–Kier alpha value is -3.63. The molecule has 1 aromatic heterocycles. The minimum absolute atomic E-state index is 0.0160. The van der Waals surface area contributed by atoms with Gasteiger partial charge in [0.15, 0.2) is 5.78 Å². The molecule has 0 radical (unpaired) electrons. The van der Waals surface area contributed by atoms with Gasteiger partial charge in [0.2, 0.25) is 5.91 Å². The standard InChI is InChI=1S/C34H38FN3O5S/c1-42-37-32(41)34-19-24(34)13-9-4-2-3-8-12-23(16-22-10-6-5-7-11-22)31(40)38-21-26(18-28(38)29(39)20-34)43-33-36-27-15-14-25(35)17-30(27)44-33/h5-7,9-11,13-15,17,23-24,26,28H,2-4,8,12,16,18-21H2,1H3,(H,37,41)/b13-9-/t23-,24+,26-,28+,34-/m1/s1. The quantitative estimate of drug-likeness (QED) is 0.277. The van der Waals surface area contributed by atoms with E-state index < -0.39 is 17.6 Å². The van der Waals surface area contributed by atoms with Crippen molar-refractivity contribution in [1.82, 2.24) is 15.4 Å². The predicted molar refractivity (Wildman–Crippen MR) is 165 cm³/mol. The summed E-state index contributed by atoms with van der Waals surface area (Å²) in [5, 5.41) is 0.377. The van der Waals surface area contributed by atoms with Gasteiger partial charge in [-0.3, -0.25) is 19.2 Å². The molecule has 1 saturated heterocycles. The van der Waals surface area contributed by atoms with Crippen molar-refractivity contribution in [2.45, 2.75) is 69.9 Å². The number of rotatable bonds is 6. The fourth-order valence-electron chi connectivity index (χ4n) is 6.79. The van der Waals surface area contributed by atoms with Crippen molar-refractivity contribution < 1.29 is 28.3 Å². The van der Waals surface area contributed by atoms with E-state index in [1.807, 2.05) is 30.3 Å². The van der Waals surface area contributed by atoms with E-state index in [-0.39, 0.29) is 48.2 Å². The summed E-state index contributed by atoms with van der Waals surface area (Å²) in [7, 11) is 1.39. The molecule has 3 heterocycles. The summed E-state index contributed by atoms with van der Waals surface area (Å²) in [6, 6.07) is 13.7. The van der Waals surface area contributed by atoms with Crippen LogP contribution in [0.15, 0.2) is 60.7 Å². The molecule has 1 saturated carbocycles. The second kappa shape index (κ2) is 13.2. The van der Waals surface area contributed by atoms with E-state index in [9.17, 15) is 18.8 Å². The first kappa shape index (κ1) is 30.4. The largest absolute Gasteiger partial charge is 0.465 e. The Morgan fingerprint density at radius 1 is 1.16 bits per heavy atom. The number of thiazole rings is 1. The Kier molecular flexibility index (Phi) is 9.09. The summed E-state index contributed by atoms with van der Waals surface area (Å²) in [5.41, 5.74) is 3.28. The number of Topliss-reactive ketones (excluding diaryl/α,β-unsaturated/α-hetero) is 1. The van der Waals surface area contributed by atoms with E-state index in [1.54, 1.807) is 11.0 Å². The van der Waals surface area contributed by atoms with Crippen molar-refractivity contribution in [2.24, 2.45) is 17.3 Å². The smallest absolute Gasteiger partial charge is 0.274 e. The first-order valence-electron chi connectivity index (χ1n) is 15.5. The monoisotopic (exact) mass is 619 g/mol. The number of hydroxylamine groups is 1. The number of hydrogen-bond donors (Lipinski definition) is 1. The Balaban J connectivity index is 1.29. The molecule has 0 unspecified atom stereocenters. The predicted octanol–water partition coefficient (Wildman–Crippen LogP) is 5.81. The van der Waals surface area contributed by atoms with Gasteiger partial charge in [0.05, 0.1) is 35.3 Å². The average molecular weight is 620 g/mol. The molecule has 10 heteroatoms.